The number of ether oxygens (including phenoxy) is 2. The van der Waals surface area contributed by atoms with Crippen molar-refractivity contribution >= 4 is 11.8 Å². The molecule has 1 fully saturated rings. The fraction of sp³-hybridized carbons (Fsp3) is 0.440. The number of nitrogens with zero attached hydrogens (tertiary/aromatic N) is 1. The second-order valence-corrected chi connectivity index (χ2v) is 8.68. The first-order valence-corrected chi connectivity index (χ1v) is 10.9. The van der Waals surface area contributed by atoms with Crippen molar-refractivity contribution in [2.24, 2.45) is 0 Å². The number of amides is 2. The molecule has 0 radical (unpaired) electrons. The van der Waals surface area contributed by atoms with E-state index in [0.29, 0.717) is 32.2 Å². The second kappa shape index (κ2) is 9.00. The smallest absolute Gasteiger partial charge is 0.222 e. The second-order valence-electron chi connectivity index (χ2n) is 8.68. The van der Waals surface area contributed by atoms with Gasteiger partial charge in [-0.2, -0.15) is 0 Å². The van der Waals surface area contributed by atoms with Gasteiger partial charge in [-0.05, 0) is 48.6 Å². The monoisotopic (exact) mass is 422 g/mol. The van der Waals surface area contributed by atoms with Gasteiger partial charge in [0.15, 0.2) is 0 Å². The van der Waals surface area contributed by atoms with Crippen molar-refractivity contribution in [3.63, 3.8) is 0 Å². The van der Waals surface area contributed by atoms with Crippen LogP contribution in [0.2, 0.25) is 0 Å². The highest BCUT2D eigenvalue weighted by Crippen LogP contribution is 2.31. The van der Waals surface area contributed by atoms with Gasteiger partial charge in [-0.15, -0.1) is 0 Å². The van der Waals surface area contributed by atoms with Crippen LogP contribution in [0.5, 0.6) is 11.5 Å². The molecule has 2 atom stereocenters. The van der Waals surface area contributed by atoms with E-state index in [0.717, 1.165) is 29.9 Å². The fourth-order valence-electron chi connectivity index (χ4n) is 4.62. The Kier molecular flexibility index (Phi) is 6.16. The van der Waals surface area contributed by atoms with Crippen molar-refractivity contribution in [2.75, 3.05) is 20.7 Å². The van der Waals surface area contributed by atoms with Crippen LogP contribution in [0.1, 0.15) is 36.8 Å². The maximum Gasteiger partial charge on any atom is 0.222 e. The number of benzene rings is 2. The van der Waals surface area contributed by atoms with Gasteiger partial charge in [0.05, 0.1) is 13.7 Å². The molecule has 4 rings (SSSR count). The van der Waals surface area contributed by atoms with Gasteiger partial charge in [-0.3, -0.25) is 9.59 Å². The van der Waals surface area contributed by atoms with Gasteiger partial charge in [-0.1, -0.05) is 30.3 Å². The number of hydrogen-bond donors (Lipinski definition) is 1. The molecule has 0 aromatic heterocycles. The zero-order chi connectivity index (χ0) is 21.8. The predicted octanol–water partition coefficient (Wildman–Crippen LogP) is 3.13. The minimum atomic E-state index is -0.373. The number of para-hydroxylation sites is 1. The van der Waals surface area contributed by atoms with E-state index in [9.17, 15) is 9.59 Å². The Labute approximate surface area is 183 Å². The lowest BCUT2D eigenvalue weighted by molar-refractivity contribution is -0.131. The number of carbonyl (C=O) groups excluding carboxylic acids is 2. The number of rotatable bonds is 8. The quantitative estimate of drug-likeness (QED) is 0.710. The van der Waals surface area contributed by atoms with E-state index in [4.69, 9.17) is 9.47 Å². The summed E-state index contributed by atoms with van der Waals surface area (Å²) in [7, 11) is 3.48. The molecule has 2 aliphatic rings. The van der Waals surface area contributed by atoms with E-state index in [-0.39, 0.29) is 23.5 Å². The summed E-state index contributed by atoms with van der Waals surface area (Å²) >= 11 is 0. The fourth-order valence-corrected chi connectivity index (χ4v) is 4.62. The lowest BCUT2D eigenvalue weighted by Gasteiger charge is -2.30. The summed E-state index contributed by atoms with van der Waals surface area (Å²) in [4.78, 5) is 26.6. The van der Waals surface area contributed by atoms with Crippen molar-refractivity contribution < 1.29 is 19.1 Å². The highest BCUT2D eigenvalue weighted by Gasteiger charge is 2.38. The third kappa shape index (κ3) is 5.01. The van der Waals surface area contributed by atoms with Crippen molar-refractivity contribution in [3.8, 4) is 11.5 Å². The highest BCUT2D eigenvalue weighted by atomic mass is 16.5. The van der Waals surface area contributed by atoms with Crippen molar-refractivity contribution in [1.82, 2.24) is 10.2 Å². The first kappa shape index (κ1) is 21.2. The van der Waals surface area contributed by atoms with Crippen LogP contribution < -0.4 is 14.8 Å². The molecule has 0 spiro atoms. The number of nitrogens with one attached hydrogen (secondary N) is 1. The van der Waals surface area contributed by atoms with Gasteiger partial charge in [0.25, 0.3) is 0 Å². The molecule has 0 bridgehead atoms. The van der Waals surface area contributed by atoms with Gasteiger partial charge < -0.3 is 19.7 Å². The molecule has 0 unspecified atom stereocenters. The Morgan fingerprint density at radius 2 is 2.00 bits per heavy atom. The average Bonchev–Trinajstić information content (AvgIpc) is 3.35. The molecule has 2 heterocycles. The van der Waals surface area contributed by atoms with Crippen LogP contribution in [0.3, 0.4) is 0 Å². The summed E-state index contributed by atoms with van der Waals surface area (Å²) in [5, 5.41) is 3.16. The maximum absolute atomic E-state index is 12.9. The van der Waals surface area contributed by atoms with Crippen molar-refractivity contribution in [3.05, 3.63) is 59.7 Å². The van der Waals surface area contributed by atoms with Crippen molar-refractivity contribution in [1.29, 1.82) is 0 Å². The molecular formula is C25H30N2O4. The third-order valence-electron chi connectivity index (χ3n) is 6.37. The van der Waals surface area contributed by atoms with E-state index < -0.39 is 0 Å². The standard InChI is InChI=1S/C25H30N2O4/c1-27(17-21-15-19-5-3-4-6-22(19)31-21)24(29)12-14-25(13-11-23(28)26-25)16-18-7-9-20(30-2)10-8-18/h3-10,21H,11-17H2,1-2H3,(H,26,28)/t21-,25-/m1/s1. The van der Waals surface area contributed by atoms with Gasteiger partial charge in [0.1, 0.15) is 17.6 Å². The van der Waals surface area contributed by atoms with Crippen LogP contribution in [0.4, 0.5) is 0 Å². The van der Waals surface area contributed by atoms with E-state index in [2.05, 4.69) is 11.4 Å². The average molecular weight is 423 g/mol. The van der Waals surface area contributed by atoms with Gasteiger partial charge in [0.2, 0.25) is 11.8 Å². The first-order chi connectivity index (χ1) is 15.0. The summed E-state index contributed by atoms with van der Waals surface area (Å²) in [6.07, 6.45) is 3.80. The van der Waals surface area contributed by atoms with Crippen LogP contribution in [0, 0.1) is 0 Å². The highest BCUT2D eigenvalue weighted by molar-refractivity contribution is 5.80. The molecular weight excluding hydrogens is 392 g/mol. The molecule has 6 heteroatoms. The third-order valence-corrected chi connectivity index (χ3v) is 6.37. The molecule has 1 saturated heterocycles. The molecule has 2 amide bonds. The van der Waals surface area contributed by atoms with Gasteiger partial charge in [0, 0.05) is 31.8 Å². The van der Waals surface area contributed by atoms with Crippen LogP contribution in [-0.2, 0) is 22.4 Å². The van der Waals surface area contributed by atoms with Crippen molar-refractivity contribution in [2.45, 2.75) is 50.2 Å². The maximum atomic E-state index is 12.9. The largest absolute Gasteiger partial charge is 0.497 e. The Hall–Kier alpha value is -3.02. The molecule has 0 saturated carbocycles. The predicted molar refractivity (Wildman–Crippen MR) is 118 cm³/mol. The molecule has 164 valence electrons. The number of hydrogen-bond acceptors (Lipinski definition) is 4. The zero-order valence-corrected chi connectivity index (χ0v) is 18.2. The van der Waals surface area contributed by atoms with Crippen LogP contribution in [0.15, 0.2) is 48.5 Å². The number of methoxy groups -OCH3 is 1. The Bertz CT molecular complexity index is 918. The Morgan fingerprint density at radius 3 is 2.68 bits per heavy atom. The number of carbonyl (C=O) groups is 2. The SMILES string of the molecule is COc1ccc(C[C@]2(CCC(=O)N(C)C[C@H]3Cc4ccccc4O3)CCC(=O)N2)cc1. The lowest BCUT2D eigenvalue weighted by atomic mass is 9.85. The lowest BCUT2D eigenvalue weighted by Crippen LogP contribution is -2.45. The molecule has 2 aromatic rings. The summed E-state index contributed by atoms with van der Waals surface area (Å²) < 4.78 is 11.2. The van der Waals surface area contributed by atoms with E-state index >= 15 is 0 Å². The molecule has 6 nitrogen and oxygen atoms in total. The molecule has 0 aliphatic carbocycles. The van der Waals surface area contributed by atoms with Gasteiger partial charge >= 0.3 is 0 Å². The van der Waals surface area contributed by atoms with Gasteiger partial charge in [-0.25, -0.2) is 0 Å². The summed E-state index contributed by atoms with van der Waals surface area (Å²) in [6, 6.07) is 15.9. The minimum absolute atomic E-state index is 0.00853. The summed E-state index contributed by atoms with van der Waals surface area (Å²) in [6.45, 7) is 0.561. The Morgan fingerprint density at radius 1 is 1.23 bits per heavy atom. The minimum Gasteiger partial charge on any atom is -0.497 e. The topological polar surface area (TPSA) is 67.9 Å². The normalized spacial score (nSPS) is 21.9. The number of fused-ring (bicyclic) bond motifs is 1. The van der Waals surface area contributed by atoms with E-state index in [1.54, 1.807) is 12.0 Å². The Balaban J connectivity index is 1.33. The van der Waals surface area contributed by atoms with Crippen LogP contribution in [0.25, 0.3) is 0 Å². The van der Waals surface area contributed by atoms with Crippen LogP contribution >= 0.6 is 0 Å². The summed E-state index contributed by atoms with van der Waals surface area (Å²) in [5.41, 5.74) is 1.95. The molecule has 2 aliphatic heterocycles. The van der Waals surface area contributed by atoms with E-state index in [1.807, 2.05) is 49.5 Å². The van der Waals surface area contributed by atoms with Crippen LogP contribution in [-0.4, -0.2) is 49.1 Å². The molecule has 2 aromatic carbocycles. The molecule has 1 N–H and O–H groups in total. The zero-order valence-electron chi connectivity index (χ0n) is 18.2. The summed E-state index contributed by atoms with van der Waals surface area (Å²) in [5.74, 6) is 1.86. The first-order valence-electron chi connectivity index (χ1n) is 10.9. The molecule has 31 heavy (non-hydrogen) atoms. The van der Waals surface area contributed by atoms with E-state index in [1.165, 1.54) is 5.56 Å². The number of likely N-dealkylation sites (N-methyl/N-ethyl adjacent to an activating group) is 1.